The lowest BCUT2D eigenvalue weighted by Crippen LogP contribution is -2.35. The highest BCUT2D eigenvalue weighted by Crippen LogP contribution is 2.29. The average Bonchev–Trinajstić information content (AvgIpc) is 3.19. The van der Waals surface area contributed by atoms with Gasteiger partial charge in [0, 0.05) is 31.3 Å². The summed E-state index contributed by atoms with van der Waals surface area (Å²) in [5, 5.41) is 15.4. The van der Waals surface area contributed by atoms with E-state index in [2.05, 4.69) is 10.4 Å². The zero-order chi connectivity index (χ0) is 16.4. The summed E-state index contributed by atoms with van der Waals surface area (Å²) in [4.78, 5) is 36.9. The second-order valence-corrected chi connectivity index (χ2v) is 6.17. The van der Waals surface area contributed by atoms with Gasteiger partial charge in [0.2, 0.25) is 11.8 Å². The molecule has 1 saturated heterocycles. The van der Waals surface area contributed by atoms with Gasteiger partial charge in [0.15, 0.2) is 5.82 Å². The van der Waals surface area contributed by atoms with Gasteiger partial charge in [0.25, 0.3) is 0 Å². The van der Waals surface area contributed by atoms with Crippen molar-refractivity contribution in [3.05, 3.63) is 12.3 Å². The van der Waals surface area contributed by atoms with E-state index < -0.39 is 5.97 Å². The maximum Gasteiger partial charge on any atom is 0.325 e. The van der Waals surface area contributed by atoms with Gasteiger partial charge in [-0.15, -0.1) is 0 Å². The van der Waals surface area contributed by atoms with Crippen LogP contribution in [0.15, 0.2) is 12.3 Å². The molecule has 0 bridgehead atoms. The number of carboxylic acids is 1. The van der Waals surface area contributed by atoms with Crippen LogP contribution in [-0.4, -0.2) is 50.2 Å². The molecule has 1 atom stereocenters. The van der Waals surface area contributed by atoms with E-state index in [1.54, 1.807) is 6.07 Å². The summed E-state index contributed by atoms with van der Waals surface area (Å²) in [6.07, 6.45) is 6.07. The lowest BCUT2D eigenvalue weighted by Gasteiger charge is -2.23. The van der Waals surface area contributed by atoms with Crippen molar-refractivity contribution >= 4 is 23.6 Å². The van der Waals surface area contributed by atoms with Crippen LogP contribution in [0.2, 0.25) is 0 Å². The average molecular weight is 320 g/mol. The third-order valence-corrected chi connectivity index (χ3v) is 4.48. The summed E-state index contributed by atoms with van der Waals surface area (Å²) in [6, 6.07) is 1.84. The summed E-state index contributed by atoms with van der Waals surface area (Å²) >= 11 is 0. The number of hydrogen-bond donors (Lipinski definition) is 2. The molecule has 1 aliphatic carbocycles. The van der Waals surface area contributed by atoms with Crippen LogP contribution < -0.4 is 5.32 Å². The molecule has 1 aromatic rings. The minimum absolute atomic E-state index is 0.0495. The van der Waals surface area contributed by atoms with Crippen molar-refractivity contribution < 1.29 is 19.5 Å². The maximum absolute atomic E-state index is 12.3. The van der Waals surface area contributed by atoms with Crippen LogP contribution in [0.4, 0.5) is 5.82 Å². The first-order chi connectivity index (χ1) is 11.0. The quantitative estimate of drug-likeness (QED) is 0.831. The van der Waals surface area contributed by atoms with E-state index in [0.717, 1.165) is 25.7 Å². The number of carbonyl (C=O) groups excluding carboxylic acids is 2. The van der Waals surface area contributed by atoms with Crippen LogP contribution in [0.5, 0.6) is 0 Å². The van der Waals surface area contributed by atoms with Crippen molar-refractivity contribution in [1.82, 2.24) is 14.7 Å². The Morgan fingerprint density at radius 1 is 1.35 bits per heavy atom. The molecular weight excluding hydrogens is 300 g/mol. The molecule has 1 saturated carbocycles. The maximum atomic E-state index is 12.3. The molecule has 23 heavy (non-hydrogen) atoms. The molecule has 1 unspecified atom stereocenters. The zero-order valence-corrected chi connectivity index (χ0v) is 12.8. The lowest BCUT2D eigenvalue weighted by atomic mass is 10.1. The molecule has 2 N–H and O–H groups in total. The van der Waals surface area contributed by atoms with Gasteiger partial charge in [0.1, 0.15) is 6.54 Å². The number of hydrogen-bond acceptors (Lipinski definition) is 4. The molecule has 124 valence electrons. The fourth-order valence-corrected chi connectivity index (χ4v) is 3.36. The third kappa shape index (κ3) is 3.52. The van der Waals surface area contributed by atoms with Gasteiger partial charge >= 0.3 is 5.97 Å². The van der Waals surface area contributed by atoms with Crippen LogP contribution in [-0.2, 0) is 20.9 Å². The van der Waals surface area contributed by atoms with Crippen LogP contribution >= 0.6 is 0 Å². The van der Waals surface area contributed by atoms with E-state index in [4.69, 9.17) is 5.11 Å². The molecule has 1 aliphatic heterocycles. The van der Waals surface area contributed by atoms with Gasteiger partial charge in [-0.1, -0.05) is 12.8 Å². The number of aliphatic carboxylic acids is 1. The molecular formula is C15H20N4O4. The molecule has 2 amide bonds. The fourth-order valence-electron chi connectivity index (χ4n) is 3.36. The monoisotopic (exact) mass is 320 g/mol. The number of nitrogens with one attached hydrogen (secondary N) is 1. The number of aromatic nitrogens is 2. The van der Waals surface area contributed by atoms with E-state index in [-0.39, 0.29) is 36.7 Å². The molecule has 2 aliphatic rings. The molecule has 3 rings (SSSR count). The predicted octanol–water partition coefficient (Wildman–Crippen LogP) is 0.697. The van der Waals surface area contributed by atoms with Crippen molar-refractivity contribution in [1.29, 1.82) is 0 Å². The van der Waals surface area contributed by atoms with E-state index in [0.29, 0.717) is 12.4 Å². The summed E-state index contributed by atoms with van der Waals surface area (Å²) in [7, 11) is 0. The predicted molar refractivity (Wildman–Crippen MR) is 80.6 cm³/mol. The Balaban J connectivity index is 1.57. The number of amides is 2. The van der Waals surface area contributed by atoms with Crippen LogP contribution in [0.25, 0.3) is 0 Å². The summed E-state index contributed by atoms with van der Waals surface area (Å²) < 4.78 is 1.24. The minimum atomic E-state index is -1.00. The number of nitrogens with zero attached hydrogens (tertiary/aromatic N) is 3. The van der Waals surface area contributed by atoms with Crippen LogP contribution in [0, 0.1) is 5.92 Å². The molecule has 0 radical (unpaired) electrons. The van der Waals surface area contributed by atoms with Gasteiger partial charge in [-0.05, 0) is 12.8 Å². The normalized spacial score (nSPS) is 21.8. The Kier molecular flexibility index (Phi) is 4.31. The van der Waals surface area contributed by atoms with Crippen molar-refractivity contribution in [3.8, 4) is 0 Å². The van der Waals surface area contributed by atoms with E-state index >= 15 is 0 Å². The number of rotatable bonds is 5. The Bertz CT molecular complexity index is 621. The van der Waals surface area contributed by atoms with Crippen LogP contribution in [0.1, 0.15) is 32.1 Å². The summed E-state index contributed by atoms with van der Waals surface area (Å²) in [5.74, 6) is -1.25. The molecule has 2 heterocycles. The van der Waals surface area contributed by atoms with E-state index in [1.165, 1.54) is 10.9 Å². The van der Waals surface area contributed by atoms with Crippen molar-refractivity contribution in [3.63, 3.8) is 0 Å². The van der Waals surface area contributed by atoms with Crippen LogP contribution in [0.3, 0.4) is 0 Å². The second kappa shape index (κ2) is 6.39. The van der Waals surface area contributed by atoms with Gasteiger partial charge in [-0.3, -0.25) is 19.1 Å². The highest BCUT2D eigenvalue weighted by atomic mass is 16.4. The first-order valence-electron chi connectivity index (χ1n) is 7.88. The molecule has 8 nitrogen and oxygen atoms in total. The molecule has 8 heteroatoms. The fraction of sp³-hybridized carbons (Fsp3) is 0.600. The first kappa shape index (κ1) is 15.5. The Labute approximate surface area is 133 Å². The van der Waals surface area contributed by atoms with Crippen molar-refractivity contribution in [2.24, 2.45) is 5.92 Å². The van der Waals surface area contributed by atoms with Gasteiger partial charge < -0.3 is 15.3 Å². The highest BCUT2D eigenvalue weighted by Gasteiger charge is 2.38. The van der Waals surface area contributed by atoms with E-state index in [1.807, 2.05) is 4.90 Å². The van der Waals surface area contributed by atoms with Gasteiger partial charge in [-0.25, -0.2) is 0 Å². The summed E-state index contributed by atoms with van der Waals surface area (Å²) in [5.41, 5.74) is 0. The first-order valence-corrected chi connectivity index (χ1v) is 7.88. The lowest BCUT2D eigenvalue weighted by molar-refractivity contribution is -0.138. The second-order valence-electron chi connectivity index (χ2n) is 6.17. The highest BCUT2D eigenvalue weighted by molar-refractivity contribution is 5.96. The number of carboxylic acid groups (broad SMARTS) is 1. The van der Waals surface area contributed by atoms with E-state index in [9.17, 15) is 14.4 Å². The topological polar surface area (TPSA) is 105 Å². The molecule has 2 fully saturated rings. The Hall–Kier alpha value is -2.38. The standard InChI is InChI=1S/C15H20N4O4/c20-13-7-10(8-19(13)11-3-1-2-4-11)15(23)16-12-5-6-18(17-12)9-14(21)22/h5-6,10-11H,1-4,7-9H2,(H,21,22)(H,16,17,23). The van der Waals surface area contributed by atoms with Crippen molar-refractivity contribution in [2.45, 2.75) is 44.7 Å². The number of likely N-dealkylation sites (tertiary alicyclic amines) is 1. The number of anilines is 1. The smallest absolute Gasteiger partial charge is 0.325 e. The SMILES string of the molecule is O=C(O)Cn1ccc(NC(=O)C2CC(=O)N(C3CCCC3)C2)n1. The zero-order valence-electron chi connectivity index (χ0n) is 12.8. The molecule has 0 spiro atoms. The van der Waals surface area contributed by atoms with Gasteiger partial charge in [-0.2, -0.15) is 5.10 Å². The largest absolute Gasteiger partial charge is 0.480 e. The van der Waals surface area contributed by atoms with Gasteiger partial charge in [0.05, 0.1) is 5.92 Å². The summed E-state index contributed by atoms with van der Waals surface area (Å²) in [6.45, 7) is 0.207. The third-order valence-electron chi connectivity index (χ3n) is 4.48. The molecule has 0 aromatic carbocycles. The minimum Gasteiger partial charge on any atom is -0.480 e. The molecule has 1 aromatic heterocycles. The van der Waals surface area contributed by atoms with Crippen molar-refractivity contribution in [2.75, 3.05) is 11.9 Å². The Morgan fingerprint density at radius 2 is 2.09 bits per heavy atom. The Morgan fingerprint density at radius 3 is 2.78 bits per heavy atom. The number of carbonyl (C=O) groups is 3.